The van der Waals surface area contributed by atoms with Crippen LogP contribution in [0.25, 0.3) is 0 Å². The quantitative estimate of drug-likeness (QED) is 0.805. The molecule has 0 aliphatic rings. The highest BCUT2D eigenvalue weighted by Crippen LogP contribution is 2.24. The Labute approximate surface area is 97.8 Å². The second-order valence-electron chi connectivity index (χ2n) is 3.93. The molecule has 0 aromatic heterocycles. The maximum Gasteiger partial charge on any atom is 0.405 e. The van der Waals surface area contributed by atoms with Crippen LogP contribution >= 0.6 is 0 Å². The number of alkyl halides is 3. The zero-order valence-electron chi connectivity index (χ0n) is 9.64. The minimum Gasteiger partial charge on any atom is -0.491 e. The first-order chi connectivity index (χ1) is 7.76. The standard InChI is InChI=1S/C11H15F3N2O/c1-7(2)17-10-4-8(15)3-9(5-10)16-6-11(12,13)14/h3-5,7,16H,6,15H2,1-2H3. The van der Waals surface area contributed by atoms with Crippen LogP contribution in [0, 0.1) is 0 Å². The third kappa shape index (κ3) is 5.33. The summed E-state index contributed by atoms with van der Waals surface area (Å²) in [4.78, 5) is 0. The Hall–Kier alpha value is -1.59. The van der Waals surface area contributed by atoms with Gasteiger partial charge < -0.3 is 15.8 Å². The molecule has 6 heteroatoms. The van der Waals surface area contributed by atoms with Crippen LogP contribution in [0.2, 0.25) is 0 Å². The van der Waals surface area contributed by atoms with Gasteiger partial charge in [0, 0.05) is 23.5 Å². The fourth-order valence-electron chi connectivity index (χ4n) is 1.27. The summed E-state index contributed by atoms with van der Waals surface area (Å²) in [6.45, 7) is 2.55. The van der Waals surface area contributed by atoms with Gasteiger partial charge in [-0.2, -0.15) is 13.2 Å². The van der Waals surface area contributed by atoms with Crippen molar-refractivity contribution in [2.45, 2.75) is 26.1 Å². The van der Waals surface area contributed by atoms with Crippen LogP contribution in [0.3, 0.4) is 0 Å². The van der Waals surface area contributed by atoms with Crippen LogP contribution in [0.5, 0.6) is 5.75 Å². The molecule has 0 amide bonds. The molecule has 0 unspecified atom stereocenters. The average molecular weight is 248 g/mol. The Balaban J connectivity index is 2.75. The number of hydrogen-bond acceptors (Lipinski definition) is 3. The summed E-state index contributed by atoms with van der Waals surface area (Å²) < 4.78 is 41.4. The number of nitrogens with one attached hydrogen (secondary N) is 1. The fourth-order valence-corrected chi connectivity index (χ4v) is 1.27. The summed E-state index contributed by atoms with van der Waals surface area (Å²) in [5.74, 6) is 0.449. The average Bonchev–Trinajstić information content (AvgIpc) is 2.11. The van der Waals surface area contributed by atoms with Crippen molar-refractivity contribution in [3.63, 3.8) is 0 Å². The second kappa shape index (κ2) is 5.16. The van der Waals surface area contributed by atoms with Crippen LogP contribution in [0.1, 0.15) is 13.8 Å². The van der Waals surface area contributed by atoms with Crippen molar-refractivity contribution in [3.05, 3.63) is 18.2 Å². The van der Waals surface area contributed by atoms with Crippen molar-refractivity contribution < 1.29 is 17.9 Å². The monoisotopic (exact) mass is 248 g/mol. The normalized spacial score (nSPS) is 11.6. The molecule has 0 saturated carbocycles. The molecular formula is C11H15F3N2O. The highest BCUT2D eigenvalue weighted by molar-refractivity contribution is 5.59. The van der Waals surface area contributed by atoms with Crippen molar-refractivity contribution in [1.29, 1.82) is 0 Å². The van der Waals surface area contributed by atoms with Crippen molar-refractivity contribution in [1.82, 2.24) is 0 Å². The topological polar surface area (TPSA) is 47.3 Å². The molecule has 0 aliphatic carbocycles. The van der Waals surface area contributed by atoms with E-state index in [1.165, 1.54) is 12.1 Å². The molecule has 0 aliphatic heterocycles. The van der Waals surface area contributed by atoms with Crippen LogP contribution < -0.4 is 15.8 Å². The van der Waals surface area contributed by atoms with E-state index in [9.17, 15) is 13.2 Å². The van der Waals surface area contributed by atoms with Gasteiger partial charge in [-0.15, -0.1) is 0 Å². The van der Waals surface area contributed by atoms with Gasteiger partial charge in [0.2, 0.25) is 0 Å². The van der Waals surface area contributed by atoms with Gasteiger partial charge in [-0.25, -0.2) is 0 Å². The Morgan fingerprint density at radius 2 is 1.94 bits per heavy atom. The van der Waals surface area contributed by atoms with Crippen LogP contribution in [0.4, 0.5) is 24.5 Å². The molecule has 3 nitrogen and oxygen atoms in total. The van der Waals surface area contributed by atoms with E-state index in [1.807, 2.05) is 13.8 Å². The third-order valence-corrected chi connectivity index (χ3v) is 1.79. The number of benzene rings is 1. The Morgan fingerprint density at radius 1 is 1.29 bits per heavy atom. The minimum absolute atomic E-state index is 0.0627. The molecule has 0 spiro atoms. The Kier molecular flexibility index (Phi) is 4.09. The van der Waals surface area contributed by atoms with Gasteiger partial charge in [-0.1, -0.05) is 0 Å². The maximum atomic E-state index is 12.0. The highest BCUT2D eigenvalue weighted by Gasteiger charge is 2.26. The van der Waals surface area contributed by atoms with Crippen molar-refractivity contribution in [2.75, 3.05) is 17.6 Å². The van der Waals surface area contributed by atoms with Gasteiger partial charge in [-0.3, -0.25) is 0 Å². The highest BCUT2D eigenvalue weighted by atomic mass is 19.4. The molecule has 17 heavy (non-hydrogen) atoms. The second-order valence-corrected chi connectivity index (χ2v) is 3.93. The number of ether oxygens (including phenoxy) is 1. The Morgan fingerprint density at radius 3 is 2.47 bits per heavy atom. The van der Waals surface area contributed by atoms with E-state index in [1.54, 1.807) is 6.07 Å². The summed E-state index contributed by atoms with van der Waals surface area (Å²) in [5, 5.41) is 2.25. The molecule has 1 aromatic rings. The number of rotatable bonds is 4. The number of hydrogen-bond donors (Lipinski definition) is 2. The number of halogens is 3. The van der Waals surface area contributed by atoms with Gasteiger partial charge in [0.05, 0.1) is 6.10 Å². The fraction of sp³-hybridized carbons (Fsp3) is 0.455. The van der Waals surface area contributed by atoms with E-state index in [-0.39, 0.29) is 11.8 Å². The third-order valence-electron chi connectivity index (χ3n) is 1.79. The number of anilines is 2. The predicted molar refractivity (Wildman–Crippen MR) is 61.2 cm³/mol. The van der Waals surface area contributed by atoms with E-state index < -0.39 is 12.7 Å². The summed E-state index contributed by atoms with van der Waals surface area (Å²) >= 11 is 0. The number of nitrogens with two attached hydrogens (primary N) is 1. The smallest absolute Gasteiger partial charge is 0.405 e. The summed E-state index contributed by atoms with van der Waals surface area (Å²) in [6.07, 6.45) is -4.32. The van der Waals surface area contributed by atoms with Gasteiger partial charge in [0.25, 0.3) is 0 Å². The van der Waals surface area contributed by atoms with Crippen LogP contribution in [0.15, 0.2) is 18.2 Å². The van der Waals surface area contributed by atoms with Crippen LogP contribution in [-0.2, 0) is 0 Å². The van der Waals surface area contributed by atoms with Gasteiger partial charge >= 0.3 is 6.18 Å². The minimum atomic E-state index is -4.26. The largest absolute Gasteiger partial charge is 0.491 e. The first-order valence-electron chi connectivity index (χ1n) is 5.14. The van der Waals surface area contributed by atoms with E-state index in [0.717, 1.165) is 0 Å². The lowest BCUT2D eigenvalue weighted by Gasteiger charge is -2.14. The molecule has 1 aromatic carbocycles. The lowest BCUT2D eigenvalue weighted by molar-refractivity contribution is -0.115. The molecule has 96 valence electrons. The maximum absolute atomic E-state index is 12.0. The van der Waals surface area contributed by atoms with Gasteiger partial charge in [0.1, 0.15) is 12.3 Å². The summed E-state index contributed by atoms with van der Waals surface area (Å²) in [5.41, 5.74) is 6.22. The first kappa shape index (κ1) is 13.5. The van der Waals surface area contributed by atoms with E-state index in [4.69, 9.17) is 10.5 Å². The zero-order chi connectivity index (χ0) is 13.1. The molecule has 0 saturated heterocycles. The van der Waals surface area contributed by atoms with Gasteiger partial charge in [-0.05, 0) is 19.9 Å². The lowest BCUT2D eigenvalue weighted by atomic mass is 10.2. The first-order valence-corrected chi connectivity index (χ1v) is 5.14. The zero-order valence-corrected chi connectivity index (χ0v) is 9.64. The summed E-state index contributed by atoms with van der Waals surface area (Å²) in [6, 6.07) is 4.49. The van der Waals surface area contributed by atoms with Crippen molar-refractivity contribution in [3.8, 4) is 5.75 Å². The van der Waals surface area contributed by atoms with E-state index in [2.05, 4.69) is 5.32 Å². The lowest BCUT2D eigenvalue weighted by Crippen LogP contribution is -2.21. The molecule has 0 radical (unpaired) electrons. The van der Waals surface area contributed by atoms with Crippen molar-refractivity contribution in [2.24, 2.45) is 0 Å². The van der Waals surface area contributed by atoms with Gasteiger partial charge in [0.15, 0.2) is 0 Å². The molecule has 1 rings (SSSR count). The van der Waals surface area contributed by atoms with E-state index in [0.29, 0.717) is 11.4 Å². The molecule has 0 heterocycles. The van der Waals surface area contributed by atoms with E-state index >= 15 is 0 Å². The molecule has 0 fully saturated rings. The van der Waals surface area contributed by atoms with Crippen LogP contribution in [-0.4, -0.2) is 18.8 Å². The number of nitrogen functional groups attached to an aromatic ring is 1. The summed E-state index contributed by atoms with van der Waals surface area (Å²) in [7, 11) is 0. The molecule has 0 atom stereocenters. The molecular weight excluding hydrogens is 233 g/mol. The Bertz CT molecular complexity index is 377. The molecule has 0 bridgehead atoms. The predicted octanol–water partition coefficient (Wildman–Crippen LogP) is 3.03. The van der Waals surface area contributed by atoms with Crippen molar-refractivity contribution >= 4 is 11.4 Å². The SMILES string of the molecule is CC(C)Oc1cc(N)cc(NCC(F)(F)F)c1. The molecule has 3 N–H and O–H groups in total.